The molecule has 156 valence electrons. The highest BCUT2D eigenvalue weighted by atomic mass is 16.5. The van der Waals surface area contributed by atoms with Crippen LogP contribution in [0.4, 0.5) is 0 Å². The van der Waals surface area contributed by atoms with Crippen molar-refractivity contribution in [3.05, 3.63) is 29.8 Å². The van der Waals surface area contributed by atoms with Gasteiger partial charge in [0.15, 0.2) is 5.96 Å². The minimum Gasteiger partial charge on any atom is -0.494 e. The lowest BCUT2D eigenvalue weighted by Gasteiger charge is -2.38. The summed E-state index contributed by atoms with van der Waals surface area (Å²) in [7, 11) is 3.47. The number of carbonyl (C=O) groups excluding carboxylic acids is 1. The Morgan fingerprint density at radius 2 is 1.86 bits per heavy atom. The first-order chi connectivity index (χ1) is 13.5. The molecule has 0 aliphatic carbocycles. The summed E-state index contributed by atoms with van der Waals surface area (Å²) in [5.74, 6) is 1.53. The third-order valence-corrected chi connectivity index (χ3v) is 5.04. The second-order valence-corrected chi connectivity index (χ2v) is 7.19. The summed E-state index contributed by atoms with van der Waals surface area (Å²) in [4.78, 5) is 17.8. The maximum Gasteiger partial charge on any atom is 0.243 e. The maximum absolute atomic E-state index is 11.9. The molecule has 1 aromatic rings. The van der Waals surface area contributed by atoms with Crippen LogP contribution in [0.2, 0.25) is 0 Å². The van der Waals surface area contributed by atoms with Gasteiger partial charge in [-0.3, -0.25) is 4.79 Å². The molecule has 0 saturated carbocycles. The number of hydrogen-bond acceptors (Lipinski definition) is 4. The molecule has 1 fully saturated rings. The number of aliphatic imine (C=N–C) groups is 1. The van der Waals surface area contributed by atoms with E-state index in [4.69, 9.17) is 9.47 Å². The van der Waals surface area contributed by atoms with E-state index >= 15 is 0 Å². The Hall–Kier alpha value is -2.28. The van der Waals surface area contributed by atoms with Crippen molar-refractivity contribution >= 4 is 11.9 Å². The van der Waals surface area contributed by atoms with Crippen LogP contribution in [0.1, 0.15) is 32.3 Å². The van der Waals surface area contributed by atoms with Gasteiger partial charge in [-0.05, 0) is 44.4 Å². The lowest BCUT2D eigenvalue weighted by molar-refractivity contribution is -0.127. The second-order valence-electron chi connectivity index (χ2n) is 7.19. The van der Waals surface area contributed by atoms with Gasteiger partial charge in [-0.25, -0.2) is 4.99 Å². The molecule has 1 aliphatic heterocycles. The number of amides is 1. The number of rotatable bonds is 8. The summed E-state index contributed by atoms with van der Waals surface area (Å²) >= 11 is 0. The largest absolute Gasteiger partial charge is 0.494 e. The van der Waals surface area contributed by atoms with Crippen molar-refractivity contribution in [2.45, 2.75) is 32.1 Å². The first-order valence-electron chi connectivity index (χ1n) is 10.0. The van der Waals surface area contributed by atoms with Gasteiger partial charge in [0, 0.05) is 45.8 Å². The Labute approximate surface area is 168 Å². The quantitative estimate of drug-likeness (QED) is 0.523. The minimum atomic E-state index is -0.0370. The predicted octanol–water partition coefficient (Wildman–Crippen LogP) is 1.78. The first-order valence-corrected chi connectivity index (χ1v) is 10.0. The molecular weight excluding hydrogens is 356 g/mol. The lowest BCUT2D eigenvalue weighted by Crippen LogP contribution is -2.48. The molecule has 1 aliphatic rings. The van der Waals surface area contributed by atoms with Crippen LogP contribution in [0.25, 0.3) is 0 Å². The molecule has 1 amide bonds. The van der Waals surface area contributed by atoms with E-state index in [-0.39, 0.29) is 17.9 Å². The summed E-state index contributed by atoms with van der Waals surface area (Å²) in [6, 6.07) is 8.37. The molecular formula is C21H34N4O3. The number of guanidine groups is 1. The summed E-state index contributed by atoms with van der Waals surface area (Å²) in [6.07, 6.45) is 1.87. The van der Waals surface area contributed by atoms with Gasteiger partial charge in [0.1, 0.15) is 12.3 Å². The average Bonchev–Trinajstić information content (AvgIpc) is 2.71. The van der Waals surface area contributed by atoms with Crippen LogP contribution in [0.5, 0.6) is 5.75 Å². The number of likely N-dealkylation sites (N-methyl/N-ethyl adjacent to an activating group) is 1. The molecule has 0 bridgehead atoms. The van der Waals surface area contributed by atoms with Crippen LogP contribution in [-0.4, -0.2) is 70.3 Å². The van der Waals surface area contributed by atoms with E-state index in [0.717, 1.165) is 44.9 Å². The van der Waals surface area contributed by atoms with Crippen LogP contribution in [0.15, 0.2) is 29.3 Å². The van der Waals surface area contributed by atoms with E-state index in [1.807, 2.05) is 26.0 Å². The second kappa shape index (κ2) is 10.9. The number of carbonyl (C=O) groups is 1. The van der Waals surface area contributed by atoms with Crippen molar-refractivity contribution in [1.29, 1.82) is 0 Å². The molecule has 2 rings (SSSR count). The summed E-state index contributed by atoms with van der Waals surface area (Å²) in [5, 5.41) is 6.67. The third kappa shape index (κ3) is 6.12. The van der Waals surface area contributed by atoms with E-state index in [1.165, 1.54) is 5.56 Å². The van der Waals surface area contributed by atoms with Crippen molar-refractivity contribution in [3.8, 4) is 5.75 Å². The Balaban J connectivity index is 2.13. The van der Waals surface area contributed by atoms with Crippen LogP contribution in [-0.2, 0) is 14.9 Å². The summed E-state index contributed by atoms with van der Waals surface area (Å²) in [5.41, 5.74) is 1.23. The summed E-state index contributed by atoms with van der Waals surface area (Å²) in [6.45, 7) is 7.73. The highest BCUT2D eigenvalue weighted by molar-refractivity contribution is 5.84. The fourth-order valence-corrected chi connectivity index (χ4v) is 3.28. The SMILES string of the molecule is CCNC(=NCC(=O)N(C)C)NCC1(c2ccc(OCC)cc2)CCOCC1. The molecule has 28 heavy (non-hydrogen) atoms. The Morgan fingerprint density at radius 3 is 2.43 bits per heavy atom. The number of nitrogens with zero attached hydrogens (tertiary/aromatic N) is 2. The van der Waals surface area contributed by atoms with E-state index < -0.39 is 0 Å². The maximum atomic E-state index is 11.9. The van der Waals surface area contributed by atoms with Crippen molar-refractivity contribution in [2.24, 2.45) is 4.99 Å². The average molecular weight is 391 g/mol. The van der Waals surface area contributed by atoms with Crippen LogP contribution in [0, 0.1) is 0 Å². The van der Waals surface area contributed by atoms with Gasteiger partial charge in [-0.2, -0.15) is 0 Å². The smallest absolute Gasteiger partial charge is 0.243 e. The van der Waals surface area contributed by atoms with Crippen LogP contribution in [0.3, 0.4) is 0 Å². The van der Waals surface area contributed by atoms with E-state index in [1.54, 1.807) is 19.0 Å². The zero-order valence-corrected chi connectivity index (χ0v) is 17.6. The van der Waals surface area contributed by atoms with Crippen LogP contribution < -0.4 is 15.4 Å². The highest BCUT2D eigenvalue weighted by Gasteiger charge is 2.34. The monoisotopic (exact) mass is 390 g/mol. The van der Waals surface area contributed by atoms with E-state index in [0.29, 0.717) is 12.6 Å². The molecule has 2 N–H and O–H groups in total. The number of nitrogens with one attached hydrogen (secondary N) is 2. The molecule has 0 aromatic heterocycles. The molecule has 7 heteroatoms. The fraction of sp³-hybridized carbons (Fsp3) is 0.619. The Kier molecular flexibility index (Phi) is 8.57. The molecule has 1 aromatic carbocycles. The topological polar surface area (TPSA) is 75.2 Å². The zero-order chi connectivity index (χ0) is 20.4. The van der Waals surface area contributed by atoms with E-state index in [9.17, 15) is 4.79 Å². The van der Waals surface area contributed by atoms with E-state index in [2.05, 4.69) is 27.8 Å². The van der Waals surface area contributed by atoms with Gasteiger partial charge >= 0.3 is 0 Å². The molecule has 0 spiro atoms. The zero-order valence-electron chi connectivity index (χ0n) is 17.6. The number of hydrogen-bond donors (Lipinski definition) is 2. The standard InChI is InChI=1S/C21H34N4O3/c1-5-22-20(23-15-19(26)25(3)4)24-16-21(11-13-27-14-12-21)17-7-9-18(10-8-17)28-6-2/h7-10H,5-6,11-16H2,1-4H3,(H2,22,23,24). The third-order valence-electron chi connectivity index (χ3n) is 5.04. The van der Waals surface area contributed by atoms with Gasteiger partial charge in [-0.15, -0.1) is 0 Å². The summed E-state index contributed by atoms with van der Waals surface area (Å²) < 4.78 is 11.2. The molecule has 7 nitrogen and oxygen atoms in total. The highest BCUT2D eigenvalue weighted by Crippen LogP contribution is 2.35. The Morgan fingerprint density at radius 1 is 1.18 bits per heavy atom. The van der Waals surface area contributed by atoms with Gasteiger partial charge in [0.05, 0.1) is 6.61 Å². The predicted molar refractivity (Wildman–Crippen MR) is 112 cm³/mol. The normalized spacial score (nSPS) is 16.4. The molecule has 0 atom stereocenters. The van der Waals surface area contributed by atoms with Crippen molar-refractivity contribution in [2.75, 3.05) is 53.6 Å². The Bertz CT molecular complexity index is 638. The van der Waals surface area contributed by atoms with Gasteiger partial charge in [0.25, 0.3) is 0 Å². The number of benzene rings is 1. The van der Waals surface area contributed by atoms with Gasteiger partial charge < -0.3 is 25.0 Å². The fourth-order valence-electron chi connectivity index (χ4n) is 3.28. The van der Waals surface area contributed by atoms with Gasteiger partial charge in [-0.1, -0.05) is 12.1 Å². The van der Waals surface area contributed by atoms with Crippen LogP contribution >= 0.6 is 0 Å². The molecule has 0 radical (unpaired) electrons. The van der Waals surface area contributed by atoms with Crippen molar-refractivity contribution < 1.29 is 14.3 Å². The van der Waals surface area contributed by atoms with Crippen molar-refractivity contribution in [1.82, 2.24) is 15.5 Å². The lowest BCUT2D eigenvalue weighted by atomic mass is 9.74. The number of ether oxygens (including phenoxy) is 2. The van der Waals surface area contributed by atoms with Gasteiger partial charge in [0.2, 0.25) is 5.91 Å². The molecule has 0 unspecified atom stereocenters. The minimum absolute atomic E-state index is 0.0236. The molecule has 1 heterocycles. The first kappa shape index (κ1) is 22.0. The molecule has 1 saturated heterocycles. The van der Waals surface area contributed by atoms with Crippen molar-refractivity contribution in [3.63, 3.8) is 0 Å².